The average molecular weight is 313 g/mol. The molecule has 1 saturated carbocycles. The average Bonchev–Trinajstić information content (AvgIpc) is 3.20. The van der Waals surface area contributed by atoms with Crippen molar-refractivity contribution < 1.29 is 13.9 Å². The molecule has 122 valence electrons. The van der Waals surface area contributed by atoms with Crippen LogP contribution in [0.2, 0.25) is 0 Å². The van der Waals surface area contributed by atoms with E-state index in [0.29, 0.717) is 5.92 Å². The highest BCUT2D eigenvalue weighted by molar-refractivity contribution is 5.83. The molecule has 4 heteroatoms. The van der Waals surface area contributed by atoms with E-state index in [1.807, 2.05) is 31.2 Å². The van der Waals surface area contributed by atoms with Crippen LogP contribution in [-0.2, 0) is 11.2 Å². The molecule has 3 atom stereocenters. The van der Waals surface area contributed by atoms with Gasteiger partial charge in [0.2, 0.25) is 5.91 Å². The molecule has 1 aliphatic carbocycles. The molecule has 1 aromatic heterocycles. The van der Waals surface area contributed by atoms with Crippen LogP contribution in [0.15, 0.2) is 47.1 Å². The molecule has 0 saturated heterocycles. The number of ether oxygens (including phenoxy) is 1. The van der Waals surface area contributed by atoms with Crippen LogP contribution in [0.3, 0.4) is 0 Å². The molecule has 0 aliphatic heterocycles. The molecule has 1 aromatic carbocycles. The second-order valence-electron chi connectivity index (χ2n) is 6.25. The van der Waals surface area contributed by atoms with Crippen LogP contribution in [0, 0.1) is 5.92 Å². The summed E-state index contributed by atoms with van der Waals surface area (Å²) in [5, 5.41) is 3.12. The summed E-state index contributed by atoms with van der Waals surface area (Å²) in [4.78, 5) is 12.3. The predicted molar refractivity (Wildman–Crippen MR) is 88.5 cm³/mol. The topological polar surface area (TPSA) is 51.5 Å². The van der Waals surface area contributed by atoms with E-state index in [-0.39, 0.29) is 17.9 Å². The van der Waals surface area contributed by atoms with Gasteiger partial charge in [-0.05, 0) is 55.5 Å². The lowest BCUT2D eigenvalue weighted by atomic mass is 10.1. The zero-order valence-corrected chi connectivity index (χ0v) is 13.6. The van der Waals surface area contributed by atoms with Crippen molar-refractivity contribution >= 4 is 5.91 Å². The first-order chi connectivity index (χ1) is 11.2. The first kappa shape index (κ1) is 15.7. The molecule has 3 rings (SSSR count). The maximum atomic E-state index is 12.3. The van der Waals surface area contributed by atoms with Crippen LogP contribution in [0.4, 0.5) is 0 Å². The van der Waals surface area contributed by atoms with Crippen molar-refractivity contribution in [2.24, 2.45) is 5.92 Å². The van der Waals surface area contributed by atoms with Gasteiger partial charge in [0.15, 0.2) is 0 Å². The Kier molecular flexibility index (Phi) is 4.70. The molecule has 2 aromatic rings. The van der Waals surface area contributed by atoms with E-state index in [9.17, 15) is 4.79 Å². The molecule has 0 radical (unpaired) electrons. The largest absolute Gasteiger partial charge is 0.497 e. The molecular weight excluding hydrogens is 290 g/mol. The molecule has 0 spiro atoms. The lowest BCUT2D eigenvalue weighted by molar-refractivity contribution is -0.123. The molecule has 1 aliphatic rings. The SMILES string of the molecule is COc1ccc(C2CC2C(=O)NC(C)CCc2ccco2)cc1. The van der Waals surface area contributed by atoms with Crippen molar-refractivity contribution in [3.05, 3.63) is 54.0 Å². The number of carbonyl (C=O) groups is 1. The smallest absolute Gasteiger partial charge is 0.223 e. The van der Waals surface area contributed by atoms with E-state index in [1.54, 1.807) is 13.4 Å². The number of aryl methyl sites for hydroxylation is 1. The zero-order chi connectivity index (χ0) is 16.2. The fraction of sp³-hybridized carbons (Fsp3) is 0.421. The Morgan fingerprint density at radius 2 is 2.13 bits per heavy atom. The van der Waals surface area contributed by atoms with Gasteiger partial charge in [-0.15, -0.1) is 0 Å². The van der Waals surface area contributed by atoms with E-state index in [1.165, 1.54) is 5.56 Å². The highest BCUT2D eigenvalue weighted by Crippen LogP contribution is 2.47. The molecule has 1 fully saturated rings. The van der Waals surface area contributed by atoms with Crippen molar-refractivity contribution in [3.63, 3.8) is 0 Å². The van der Waals surface area contributed by atoms with Crippen molar-refractivity contribution in [1.82, 2.24) is 5.32 Å². The second kappa shape index (κ2) is 6.90. The Balaban J connectivity index is 1.45. The minimum absolute atomic E-state index is 0.106. The van der Waals surface area contributed by atoms with Crippen molar-refractivity contribution in [1.29, 1.82) is 0 Å². The number of hydrogen-bond donors (Lipinski definition) is 1. The van der Waals surface area contributed by atoms with Crippen LogP contribution in [0.1, 0.15) is 37.0 Å². The third kappa shape index (κ3) is 3.95. The van der Waals surface area contributed by atoms with E-state index in [2.05, 4.69) is 17.4 Å². The minimum atomic E-state index is 0.106. The summed E-state index contributed by atoms with van der Waals surface area (Å²) in [5.41, 5.74) is 1.22. The Morgan fingerprint density at radius 3 is 2.78 bits per heavy atom. The third-order valence-electron chi connectivity index (χ3n) is 4.46. The molecular formula is C19H23NO3. The first-order valence-corrected chi connectivity index (χ1v) is 8.14. The number of amides is 1. The van der Waals surface area contributed by atoms with Gasteiger partial charge >= 0.3 is 0 Å². The van der Waals surface area contributed by atoms with Crippen molar-refractivity contribution in [2.75, 3.05) is 7.11 Å². The van der Waals surface area contributed by atoms with Gasteiger partial charge < -0.3 is 14.5 Å². The summed E-state index contributed by atoms with van der Waals surface area (Å²) in [6, 6.07) is 12.0. The summed E-state index contributed by atoms with van der Waals surface area (Å²) < 4.78 is 10.5. The fourth-order valence-electron chi connectivity index (χ4n) is 2.94. The molecule has 0 bridgehead atoms. The Morgan fingerprint density at radius 1 is 1.35 bits per heavy atom. The third-order valence-corrected chi connectivity index (χ3v) is 4.46. The summed E-state index contributed by atoms with van der Waals surface area (Å²) in [6.07, 6.45) is 4.35. The van der Waals surface area contributed by atoms with E-state index < -0.39 is 0 Å². The van der Waals surface area contributed by atoms with Crippen LogP contribution >= 0.6 is 0 Å². The second-order valence-corrected chi connectivity index (χ2v) is 6.25. The van der Waals surface area contributed by atoms with Crippen LogP contribution < -0.4 is 10.1 Å². The van der Waals surface area contributed by atoms with Gasteiger partial charge in [-0.1, -0.05) is 12.1 Å². The fourth-order valence-corrected chi connectivity index (χ4v) is 2.94. The number of methoxy groups -OCH3 is 1. The normalized spacial score (nSPS) is 20.8. The van der Waals surface area contributed by atoms with E-state index in [0.717, 1.165) is 30.8 Å². The highest BCUT2D eigenvalue weighted by Gasteiger charge is 2.44. The highest BCUT2D eigenvalue weighted by atomic mass is 16.5. The summed E-state index contributed by atoms with van der Waals surface area (Å²) in [6.45, 7) is 2.05. The number of furan rings is 1. The van der Waals surface area contributed by atoms with Gasteiger partial charge in [0.25, 0.3) is 0 Å². The minimum Gasteiger partial charge on any atom is -0.497 e. The van der Waals surface area contributed by atoms with Gasteiger partial charge in [0, 0.05) is 18.4 Å². The molecule has 1 N–H and O–H groups in total. The molecule has 1 amide bonds. The van der Waals surface area contributed by atoms with Crippen molar-refractivity contribution in [2.45, 2.75) is 38.1 Å². The lowest BCUT2D eigenvalue weighted by Crippen LogP contribution is -2.34. The maximum absolute atomic E-state index is 12.3. The molecule has 23 heavy (non-hydrogen) atoms. The van der Waals surface area contributed by atoms with Gasteiger partial charge in [-0.3, -0.25) is 4.79 Å². The number of rotatable bonds is 7. The van der Waals surface area contributed by atoms with Crippen LogP contribution in [-0.4, -0.2) is 19.1 Å². The number of carbonyl (C=O) groups excluding carboxylic acids is 1. The first-order valence-electron chi connectivity index (χ1n) is 8.14. The Labute approximate surface area is 136 Å². The summed E-state index contributed by atoms with van der Waals surface area (Å²) >= 11 is 0. The summed E-state index contributed by atoms with van der Waals surface area (Å²) in [7, 11) is 1.66. The Bertz CT molecular complexity index is 633. The van der Waals surface area contributed by atoms with Crippen LogP contribution in [0.5, 0.6) is 5.75 Å². The van der Waals surface area contributed by atoms with E-state index >= 15 is 0 Å². The standard InChI is InChI=1S/C19H23NO3/c1-13(5-8-16-4-3-11-23-16)20-19(21)18-12-17(18)14-6-9-15(22-2)10-7-14/h3-4,6-7,9-11,13,17-18H,5,8,12H2,1-2H3,(H,20,21). The monoisotopic (exact) mass is 313 g/mol. The maximum Gasteiger partial charge on any atom is 0.223 e. The van der Waals surface area contributed by atoms with Gasteiger partial charge in [-0.2, -0.15) is 0 Å². The predicted octanol–water partition coefficient (Wildman–Crippen LogP) is 3.53. The lowest BCUT2D eigenvalue weighted by Gasteiger charge is -2.13. The molecule has 4 nitrogen and oxygen atoms in total. The molecule has 3 unspecified atom stereocenters. The number of hydrogen-bond acceptors (Lipinski definition) is 3. The van der Waals surface area contributed by atoms with Crippen LogP contribution in [0.25, 0.3) is 0 Å². The van der Waals surface area contributed by atoms with Gasteiger partial charge in [-0.25, -0.2) is 0 Å². The Hall–Kier alpha value is -2.23. The summed E-state index contributed by atoms with van der Waals surface area (Å²) in [5.74, 6) is 2.43. The molecule has 1 heterocycles. The van der Waals surface area contributed by atoms with Gasteiger partial charge in [0.05, 0.1) is 13.4 Å². The van der Waals surface area contributed by atoms with Gasteiger partial charge in [0.1, 0.15) is 11.5 Å². The quantitative estimate of drug-likeness (QED) is 0.851. The van der Waals surface area contributed by atoms with E-state index in [4.69, 9.17) is 9.15 Å². The number of benzene rings is 1. The van der Waals surface area contributed by atoms with Crippen molar-refractivity contribution in [3.8, 4) is 5.75 Å². The zero-order valence-electron chi connectivity index (χ0n) is 13.6. The number of nitrogens with one attached hydrogen (secondary N) is 1.